The molecule has 7 heteroatoms. The first-order chi connectivity index (χ1) is 17.7. The Labute approximate surface area is 216 Å². The van der Waals surface area contributed by atoms with Crippen molar-refractivity contribution < 1.29 is 19.7 Å². The second kappa shape index (κ2) is 11.2. The van der Waals surface area contributed by atoms with Crippen LogP contribution < -0.4 is 10.1 Å². The number of nitriles is 1. The van der Waals surface area contributed by atoms with Crippen molar-refractivity contribution in [3.63, 3.8) is 0 Å². The molecule has 0 spiro atoms. The summed E-state index contributed by atoms with van der Waals surface area (Å²) in [5, 5.41) is 33.6. The van der Waals surface area contributed by atoms with E-state index < -0.39 is 12.1 Å². The molecular weight excluding hydrogens is 466 g/mol. The van der Waals surface area contributed by atoms with Crippen molar-refractivity contribution in [2.75, 3.05) is 13.2 Å². The van der Waals surface area contributed by atoms with E-state index in [1.54, 1.807) is 30.3 Å². The summed E-state index contributed by atoms with van der Waals surface area (Å²) >= 11 is 0. The summed E-state index contributed by atoms with van der Waals surface area (Å²) in [4.78, 5) is 15.8. The molecule has 0 fully saturated rings. The average molecular weight is 496 g/mol. The molecule has 0 saturated carbocycles. The summed E-state index contributed by atoms with van der Waals surface area (Å²) in [6.07, 6.45) is -0.110. The van der Waals surface area contributed by atoms with Crippen molar-refractivity contribution in [1.82, 2.24) is 10.3 Å². The molecule has 3 aromatic carbocycles. The molecule has 0 saturated heterocycles. The maximum atomic E-state index is 11.1. The number of ether oxygens (including phenoxy) is 1. The maximum Gasteiger partial charge on any atom is 0.335 e. The quantitative estimate of drug-likeness (QED) is 0.289. The molecule has 0 amide bonds. The number of aliphatic hydroxyl groups is 1. The number of aliphatic hydroxyl groups excluding tert-OH is 1. The van der Waals surface area contributed by atoms with Gasteiger partial charge < -0.3 is 20.3 Å². The molecular formula is C30H29N3O4. The number of fused-ring (bicyclic) bond motifs is 1. The SMILES string of the molecule is CC(C)(Cc1ccc2ccccc2n1)NCC(O)COc1cc(-c2ccc(C(=O)O)cc2)ccc1C#N. The molecule has 188 valence electrons. The highest BCUT2D eigenvalue weighted by atomic mass is 16.5. The number of nitrogens with one attached hydrogen (secondary N) is 1. The molecule has 1 heterocycles. The normalized spacial score (nSPS) is 12.2. The van der Waals surface area contributed by atoms with E-state index in [0.29, 0.717) is 24.3 Å². The van der Waals surface area contributed by atoms with Crippen LogP contribution in [0.1, 0.15) is 35.5 Å². The lowest BCUT2D eigenvalue weighted by Crippen LogP contribution is -2.46. The van der Waals surface area contributed by atoms with Gasteiger partial charge in [-0.2, -0.15) is 5.26 Å². The van der Waals surface area contributed by atoms with E-state index in [9.17, 15) is 15.2 Å². The number of aromatic carboxylic acids is 1. The van der Waals surface area contributed by atoms with Crippen LogP contribution in [0, 0.1) is 11.3 Å². The Hall–Kier alpha value is -4.25. The Balaban J connectivity index is 1.35. The molecule has 1 atom stereocenters. The van der Waals surface area contributed by atoms with Crippen molar-refractivity contribution in [3.8, 4) is 22.9 Å². The van der Waals surface area contributed by atoms with Gasteiger partial charge in [0.2, 0.25) is 0 Å². The minimum Gasteiger partial charge on any atom is -0.489 e. The van der Waals surface area contributed by atoms with E-state index in [2.05, 4.69) is 31.3 Å². The number of carbonyl (C=O) groups is 1. The number of nitrogens with zero attached hydrogens (tertiary/aromatic N) is 2. The lowest BCUT2D eigenvalue weighted by atomic mass is 9.97. The van der Waals surface area contributed by atoms with E-state index in [1.165, 1.54) is 12.1 Å². The summed E-state index contributed by atoms with van der Waals surface area (Å²) in [5.41, 5.74) is 3.74. The van der Waals surface area contributed by atoms with E-state index >= 15 is 0 Å². The number of hydrogen-bond donors (Lipinski definition) is 3. The number of pyridine rings is 1. The number of β-amino-alcohol motifs (C(OH)–C–C–N with tert-alkyl or cyclic N) is 1. The highest BCUT2D eigenvalue weighted by Crippen LogP contribution is 2.27. The van der Waals surface area contributed by atoms with Crippen LogP contribution in [-0.4, -0.2) is 46.0 Å². The summed E-state index contributed by atoms with van der Waals surface area (Å²) in [6.45, 7) is 4.43. The minimum absolute atomic E-state index is 0.00733. The third-order valence-electron chi connectivity index (χ3n) is 6.09. The van der Waals surface area contributed by atoms with Crippen molar-refractivity contribution in [2.24, 2.45) is 0 Å². The van der Waals surface area contributed by atoms with Gasteiger partial charge in [0.15, 0.2) is 0 Å². The monoisotopic (exact) mass is 495 g/mol. The zero-order chi connectivity index (χ0) is 26.4. The van der Waals surface area contributed by atoms with Crippen LogP contribution in [0.2, 0.25) is 0 Å². The van der Waals surface area contributed by atoms with Gasteiger partial charge in [-0.05, 0) is 61.4 Å². The lowest BCUT2D eigenvalue weighted by molar-refractivity contribution is 0.0697. The molecule has 37 heavy (non-hydrogen) atoms. The van der Waals surface area contributed by atoms with Crippen LogP contribution in [0.25, 0.3) is 22.0 Å². The molecule has 4 rings (SSSR count). The number of rotatable bonds is 10. The highest BCUT2D eigenvalue weighted by molar-refractivity contribution is 5.88. The van der Waals surface area contributed by atoms with E-state index in [1.807, 2.05) is 30.3 Å². The third-order valence-corrected chi connectivity index (χ3v) is 6.09. The predicted molar refractivity (Wildman–Crippen MR) is 143 cm³/mol. The Morgan fingerprint density at radius 1 is 1.05 bits per heavy atom. The zero-order valence-electron chi connectivity index (χ0n) is 20.8. The summed E-state index contributed by atoms with van der Waals surface area (Å²) in [6, 6.07) is 25.8. The van der Waals surface area contributed by atoms with Gasteiger partial charge in [0.25, 0.3) is 0 Å². The first kappa shape index (κ1) is 25.8. The second-order valence-electron chi connectivity index (χ2n) is 9.61. The molecule has 4 aromatic rings. The smallest absolute Gasteiger partial charge is 0.335 e. The third kappa shape index (κ3) is 6.70. The summed E-state index contributed by atoms with van der Waals surface area (Å²) in [7, 11) is 0. The van der Waals surface area contributed by atoms with E-state index in [4.69, 9.17) is 14.8 Å². The lowest BCUT2D eigenvalue weighted by Gasteiger charge is -2.27. The van der Waals surface area contributed by atoms with Crippen molar-refractivity contribution in [2.45, 2.75) is 31.9 Å². The van der Waals surface area contributed by atoms with Crippen LogP contribution in [0.5, 0.6) is 5.75 Å². The standard InChI is InChI=1S/C30H29N3O4/c1-30(2,16-25-14-13-21-5-3-4-6-27(21)33-25)32-18-26(34)19-37-28-15-23(11-12-24(28)17-31)20-7-9-22(10-8-20)29(35)36/h3-15,26,32,34H,16,18-19H2,1-2H3,(H,35,36). The molecule has 0 aliphatic carbocycles. The van der Waals surface area contributed by atoms with Crippen LogP contribution in [0.3, 0.4) is 0 Å². The number of hydrogen-bond acceptors (Lipinski definition) is 6. The zero-order valence-corrected chi connectivity index (χ0v) is 20.8. The number of carboxylic acid groups (broad SMARTS) is 1. The highest BCUT2D eigenvalue weighted by Gasteiger charge is 2.21. The van der Waals surface area contributed by atoms with Crippen molar-refractivity contribution in [1.29, 1.82) is 5.26 Å². The number of aromatic nitrogens is 1. The first-order valence-electron chi connectivity index (χ1n) is 12.0. The fourth-order valence-electron chi connectivity index (χ4n) is 4.08. The largest absolute Gasteiger partial charge is 0.489 e. The minimum atomic E-state index is -0.991. The topological polar surface area (TPSA) is 115 Å². The van der Waals surface area contributed by atoms with Gasteiger partial charge in [-0.15, -0.1) is 0 Å². The Morgan fingerprint density at radius 3 is 2.51 bits per heavy atom. The molecule has 0 bridgehead atoms. The van der Waals surface area contributed by atoms with Gasteiger partial charge in [-0.3, -0.25) is 4.98 Å². The summed E-state index contributed by atoms with van der Waals surface area (Å²) in [5.74, 6) is -0.629. The van der Waals surface area contributed by atoms with Crippen LogP contribution in [0.15, 0.2) is 78.9 Å². The van der Waals surface area contributed by atoms with Crippen molar-refractivity contribution >= 4 is 16.9 Å². The van der Waals surface area contributed by atoms with Crippen LogP contribution >= 0.6 is 0 Å². The van der Waals surface area contributed by atoms with Gasteiger partial charge in [0.1, 0.15) is 24.5 Å². The predicted octanol–water partition coefficient (Wildman–Crippen LogP) is 4.82. The van der Waals surface area contributed by atoms with Gasteiger partial charge >= 0.3 is 5.97 Å². The summed E-state index contributed by atoms with van der Waals surface area (Å²) < 4.78 is 5.83. The molecule has 3 N–H and O–H groups in total. The first-order valence-corrected chi connectivity index (χ1v) is 12.0. The van der Waals surface area contributed by atoms with Crippen LogP contribution in [0.4, 0.5) is 0 Å². The van der Waals surface area contributed by atoms with Crippen LogP contribution in [-0.2, 0) is 6.42 Å². The molecule has 0 aliphatic rings. The Morgan fingerprint density at radius 2 is 1.78 bits per heavy atom. The fraction of sp³-hybridized carbons (Fsp3) is 0.233. The molecule has 1 unspecified atom stereocenters. The molecule has 0 aliphatic heterocycles. The molecule has 1 aromatic heterocycles. The van der Waals surface area contributed by atoms with Gasteiger partial charge in [-0.25, -0.2) is 4.79 Å². The molecule has 7 nitrogen and oxygen atoms in total. The maximum absolute atomic E-state index is 11.1. The van der Waals surface area contributed by atoms with Gasteiger partial charge in [0, 0.05) is 29.6 Å². The van der Waals surface area contributed by atoms with Crippen molar-refractivity contribution in [3.05, 3.63) is 95.7 Å². The second-order valence-corrected chi connectivity index (χ2v) is 9.61. The number of carboxylic acids is 1. The number of benzene rings is 3. The van der Waals surface area contributed by atoms with E-state index in [0.717, 1.165) is 27.7 Å². The molecule has 0 radical (unpaired) electrons. The fourth-order valence-corrected chi connectivity index (χ4v) is 4.08. The number of para-hydroxylation sites is 1. The Kier molecular flexibility index (Phi) is 7.83. The van der Waals surface area contributed by atoms with E-state index in [-0.39, 0.29) is 17.7 Å². The average Bonchev–Trinajstić information content (AvgIpc) is 2.90. The Bertz CT molecular complexity index is 1440. The van der Waals surface area contributed by atoms with Gasteiger partial charge in [0.05, 0.1) is 16.6 Å². The van der Waals surface area contributed by atoms with Gasteiger partial charge in [-0.1, -0.05) is 42.5 Å².